The highest BCUT2D eigenvalue weighted by Crippen LogP contribution is 2.31. The molecule has 0 aromatic rings. The number of amides is 3. The Labute approximate surface area is 112 Å². The Morgan fingerprint density at radius 1 is 1.26 bits per heavy atom. The van der Waals surface area contributed by atoms with Crippen LogP contribution in [0.1, 0.15) is 33.6 Å². The standard InChI is InChI=1S/C12H21N3O4/c1-11(2,8(13)16)14-10(19)15-6-4-12(3,5-7-15)9(17)18/h4-7H2,1-3H3,(H2,13,16)(H,14,19)(H,17,18). The van der Waals surface area contributed by atoms with E-state index in [1.54, 1.807) is 6.92 Å². The highest BCUT2D eigenvalue weighted by Gasteiger charge is 2.39. The largest absolute Gasteiger partial charge is 0.481 e. The van der Waals surface area contributed by atoms with Gasteiger partial charge in [-0.2, -0.15) is 0 Å². The van der Waals surface area contributed by atoms with E-state index in [4.69, 9.17) is 10.8 Å². The number of hydrogen-bond donors (Lipinski definition) is 3. The zero-order chi connectivity index (χ0) is 14.8. The lowest BCUT2D eigenvalue weighted by atomic mass is 9.80. The van der Waals surface area contributed by atoms with Crippen LogP contribution in [0.25, 0.3) is 0 Å². The van der Waals surface area contributed by atoms with Crippen molar-refractivity contribution in [2.75, 3.05) is 13.1 Å². The van der Waals surface area contributed by atoms with E-state index in [-0.39, 0.29) is 0 Å². The topological polar surface area (TPSA) is 113 Å². The highest BCUT2D eigenvalue weighted by atomic mass is 16.4. The Kier molecular flexibility index (Phi) is 4.07. The first-order chi connectivity index (χ1) is 8.58. The van der Waals surface area contributed by atoms with Crippen LogP contribution in [0.5, 0.6) is 0 Å². The first-order valence-corrected chi connectivity index (χ1v) is 6.19. The molecule has 0 spiro atoms. The van der Waals surface area contributed by atoms with Gasteiger partial charge in [-0.05, 0) is 33.6 Å². The maximum absolute atomic E-state index is 12.0. The summed E-state index contributed by atoms with van der Waals surface area (Å²) in [5, 5.41) is 11.6. The number of urea groups is 1. The van der Waals surface area contributed by atoms with Gasteiger partial charge in [-0.1, -0.05) is 0 Å². The molecule has 3 amide bonds. The number of carbonyl (C=O) groups excluding carboxylic acids is 2. The number of carbonyl (C=O) groups is 3. The fourth-order valence-corrected chi connectivity index (χ4v) is 1.83. The van der Waals surface area contributed by atoms with Crippen molar-refractivity contribution in [1.82, 2.24) is 10.2 Å². The summed E-state index contributed by atoms with van der Waals surface area (Å²) in [6.07, 6.45) is 0.791. The monoisotopic (exact) mass is 271 g/mol. The summed E-state index contributed by atoms with van der Waals surface area (Å²) in [5.41, 5.74) is 3.28. The molecule has 0 atom stereocenters. The number of likely N-dealkylation sites (tertiary alicyclic amines) is 1. The van der Waals surface area contributed by atoms with Gasteiger partial charge in [-0.3, -0.25) is 9.59 Å². The Bertz CT molecular complexity index is 398. The third-order valence-electron chi connectivity index (χ3n) is 3.71. The summed E-state index contributed by atoms with van der Waals surface area (Å²) in [7, 11) is 0. The third kappa shape index (κ3) is 3.36. The van der Waals surface area contributed by atoms with E-state index in [1.807, 2.05) is 0 Å². The number of piperidine rings is 1. The lowest BCUT2D eigenvalue weighted by Crippen LogP contribution is -2.58. The van der Waals surface area contributed by atoms with Gasteiger partial charge < -0.3 is 21.1 Å². The Morgan fingerprint density at radius 3 is 2.11 bits per heavy atom. The number of primary amides is 1. The number of hydrogen-bond acceptors (Lipinski definition) is 3. The second-order valence-electron chi connectivity index (χ2n) is 5.77. The van der Waals surface area contributed by atoms with Crippen molar-refractivity contribution in [1.29, 1.82) is 0 Å². The molecule has 1 heterocycles. The van der Waals surface area contributed by atoms with E-state index in [2.05, 4.69) is 5.32 Å². The zero-order valence-corrected chi connectivity index (χ0v) is 11.5. The molecule has 4 N–H and O–H groups in total. The van der Waals surface area contributed by atoms with Crippen LogP contribution >= 0.6 is 0 Å². The van der Waals surface area contributed by atoms with Crippen molar-refractivity contribution < 1.29 is 19.5 Å². The molecule has 1 rings (SSSR count). The molecular weight excluding hydrogens is 250 g/mol. The number of rotatable bonds is 3. The van der Waals surface area contributed by atoms with E-state index >= 15 is 0 Å². The first-order valence-electron chi connectivity index (χ1n) is 6.19. The molecule has 1 aliphatic rings. The average Bonchev–Trinajstić information content (AvgIpc) is 2.28. The molecule has 0 radical (unpaired) electrons. The lowest BCUT2D eigenvalue weighted by Gasteiger charge is -2.37. The summed E-state index contributed by atoms with van der Waals surface area (Å²) in [6.45, 7) is 5.43. The van der Waals surface area contributed by atoms with Gasteiger partial charge in [0.05, 0.1) is 5.41 Å². The number of carboxylic acids is 1. The van der Waals surface area contributed by atoms with Gasteiger partial charge in [0.25, 0.3) is 0 Å². The van der Waals surface area contributed by atoms with Crippen molar-refractivity contribution in [2.24, 2.45) is 11.1 Å². The van der Waals surface area contributed by atoms with Crippen LogP contribution in [0, 0.1) is 5.41 Å². The molecule has 0 saturated carbocycles. The molecule has 108 valence electrons. The second kappa shape index (κ2) is 5.07. The van der Waals surface area contributed by atoms with Crippen LogP contribution < -0.4 is 11.1 Å². The smallest absolute Gasteiger partial charge is 0.318 e. The molecule has 1 saturated heterocycles. The zero-order valence-electron chi connectivity index (χ0n) is 11.5. The quantitative estimate of drug-likeness (QED) is 0.678. The van der Waals surface area contributed by atoms with Crippen molar-refractivity contribution in [3.8, 4) is 0 Å². The summed E-state index contributed by atoms with van der Waals surface area (Å²) in [4.78, 5) is 35.7. The molecule has 7 heteroatoms. The predicted octanol–water partition coefficient (Wildman–Crippen LogP) is 0.147. The van der Waals surface area contributed by atoms with Crippen LogP contribution in [-0.4, -0.2) is 46.5 Å². The predicted molar refractivity (Wildman–Crippen MR) is 68.4 cm³/mol. The number of nitrogens with one attached hydrogen (secondary N) is 1. The minimum absolute atomic E-state index is 0.351. The average molecular weight is 271 g/mol. The normalized spacial score (nSPS) is 18.8. The van der Waals surface area contributed by atoms with Crippen molar-refractivity contribution in [3.63, 3.8) is 0 Å². The Hall–Kier alpha value is -1.79. The molecular formula is C12H21N3O4. The van der Waals surface area contributed by atoms with Crippen LogP contribution in [0.2, 0.25) is 0 Å². The molecule has 0 unspecified atom stereocenters. The lowest BCUT2D eigenvalue weighted by molar-refractivity contribution is -0.150. The fraction of sp³-hybridized carbons (Fsp3) is 0.750. The van der Waals surface area contributed by atoms with Gasteiger partial charge in [-0.15, -0.1) is 0 Å². The molecule has 1 aliphatic heterocycles. The van der Waals surface area contributed by atoms with Crippen LogP contribution in [0.4, 0.5) is 4.79 Å². The molecule has 0 aliphatic carbocycles. The van der Waals surface area contributed by atoms with Gasteiger partial charge >= 0.3 is 12.0 Å². The first kappa shape index (κ1) is 15.3. The van der Waals surface area contributed by atoms with Gasteiger partial charge in [0, 0.05) is 13.1 Å². The number of nitrogens with zero attached hydrogens (tertiary/aromatic N) is 1. The second-order valence-corrected chi connectivity index (χ2v) is 5.77. The van der Waals surface area contributed by atoms with E-state index in [9.17, 15) is 14.4 Å². The van der Waals surface area contributed by atoms with E-state index < -0.39 is 28.9 Å². The molecule has 0 aromatic carbocycles. The minimum Gasteiger partial charge on any atom is -0.481 e. The molecule has 1 fully saturated rings. The van der Waals surface area contributed by atoms with Crippen LogP contribution in [0.15, 0.2) is 0 Å². The van der Waals surface area contributed by atoms with Gasteiger partial charge in [-0.25, -0.2) is 4.79 Å². The summed E-state index contributed by atoms with van der Waals surface area (Å²) >= 11 is 0. The number of carboxylic acid groups (broad SMARTS) is 1. The minimum atomic E-state index is -1.12. The highest BCUT2D eigenvalue weighted by molar-refractivity contribution is 5.89. The third-order valence-corrected chi connectivity index (χ3v) is 3.71. The maximum atomic E-state index is 12.0. The Balaban J connectivity index is 2.59. The van der Waals surface area contributed by atoms with Crippen molar-refractivity contribution >= 4 is 17.9 Å². The summed E-state index contributed by atoms with van der Waals surface area (Å²) in [5.74, 6) is -1.46. The van der Waals surface area contributed by atoms with E-state index in [1.165, 1.54) is 18.7 Å². The number of nitrogens with two attached hydrogens (primary N) is 1. The SMILES string of the molecule is CC1(C(=O)O)CCN(C(=O)NC(C)(C)C(N)=O)CC1. The van der Waals surface area contributed by atoms with E-state index in [0.29, 0.717) is 25.9 Å². The van der Waals surface area contributed by atoms with Gasteiger partial charge in [0.2, 0.25) is 5.91 Å². The molecule has 19 heavy (non-hydrogen) atoms. The van der Waals surface area contributed by atoms with Crippen molar-refractivity contribution in [2.45, 2.75) is 39.2 Å². The summed E-state index contributed by atoms with van der Waals surface area (Å²) < 4.78 is 0. The van der Waals surface area contributed by atoms with Gasteiger partial charge in [0.15, 0.2) is 0 Å². The summed E-state index contributed by atoms with van der Waals surface area (Å²) in [6, 6.07) is -0.392. The Morgan fingerprint density at radius 2 is 1.74 bits per heavy atom. The van der Waals surface area contributed by atoms with E-state index in [0.717, 1.165) is 0 Å². The van der Waals surface area contributed by atoms with Gasteiger partial charge in [0.1, 0.15) is 5.54 Å². The van der Waals surface area contributed by atoms with Crippen molar-refractivity contribution in [3.05, 3.63) is 0 Å². The van der Waals surface area contributed by atoms with Crippen LogP contribution in [-0.2, 0) is 9.59 Å². The maximum Gasteiger partial charge on any atom is 0.318 e. The molecule has 0 aromatic heterocycles. The number of aliphatic carboxylic acids is 1. The fourth-order valence-electron chi connectivity index (χ4n) is 1.83. The van der Waals surface area contributed by atoms with Crippen LogP contribution in [0.3, 0.4) is 0 Å². The molecule has 7 nitrogen and oxygen atoms in total. The molecule has 0 bridgehead atoms.